The number of halogens is 2. The van der Waals surface area contributed by atoms with Crippen molar-refractivity contribution in [2.24, 2.45) is 0 Å². The van der Waals surface area contributed by atoms with Gasteiger partial charge in [-0.3, -0.25) is 0 Å². The SMILES string of the molecule is Clc1cccc(NC2CC2)c1Br. The minimum absolute atomic E-state index is 0.666. The van der Waals surface area contributed by atoms with E-state index in [4.69, 9.17) is 11.6 Å². The van der Waals surface area contributed by atoms with Crippen LogP contribution in [0.15, 0.2) is 22.7 Å². The predicted molar refractivity (Wildman–Crippen MR) is 55.8 cm³/mol. The summed E-state index contributed by atoms with van der Waals surface area (Å²) in [4.78, 5) is 0. The topological polar surface area (TPSA) is 12.0 Å². The van der Waals surface area contributed by atoms with Crippen LogP contribution in [0, 0.1) is 0 Å². The molecular weight excluding hydrogens is 237 g/mol. The molecule has 0 atom stereocenters. The van der Waals surface area contributed by atoms with Crippen molar-refractivity contribution in [3.05, 3.63) is 27.7 Å². The molecule has 1 fully saturated rings. The van der Waals surface area contributed by atoms with Crippen LogP contribution in [0.3, 0.4) is 0 Å². The zero-order valence-corrected chi connectivity index (χ0v) is 8.82. The molecule has 0 amide bonds. The average Bonchev–Trinajstić information content (AvgIpc) is 2.83. The van der Waals surface area contributed by atoms with E-state index in [0.29, 0.717) is 6.04 Å². The first kappa shape index (κ1) is 8.39. The summed E-state index contributed by atoms with van der Waals surface area (Å²) < 4.78 is 0.971. The largest absolute Gasteiger partial charge is 0.381 e. The lowest BCUT2D eigenvalue weighted by molar-refractivity contribution is 1.15. The zero-order valence-electron chi connectivity index (χ0n) is 6.48. The van der Waals surface area contributed by atoms with Crippen LogP contribution in [0.4, 0.5) is 5.69 Å². The van der Waals surface area contributed by atoms with Crippen LogP contribution >= 0.6 is 27.5 Å². The molecule has 0 aliphatic heterocycles. The number of benzene rings is 1. The van der Waals surface area contributed by atoms with Gasteiger partial charge in [0, 0.05) is 6.04 Å². The molecule has 0 spiro atoms. The maximum Gasteiger partial charge on any atom is 0.0593 e. The summed E-state index contributed by atoms with van der Waals surface area (Å²) in [6.07, 6.45) is 2.55. The Balaban J connectivity index is 2.23. The number of hydrogen-bond donors (Lipinski definition) is 1. The van der Waals surface area contributed by atoms with E-state index in [1.165, 1.54) is 12.8 Å². The van der Waals surface area contributed by atoms with E-state index in [1.54, 1.807) is 0 Å². The van der Waals surface area contributed by atoms with Crippen molar-refractivity contribution in [2.45, 2.75) is 18.9 Å². The molecule has 0 radical (unpaired) electrons. The Labute approximate surface area is 85.2 Å². The summed E-state index contributed by atoms with van der Waals surface area (Å²) >= 11 is 9.37. The first-order chi connectivity index (χ1) is 5.77. The van der Waals surface area contributed by atoms with Gasteiger partial charge in [-0.2, -0.15) is 0 Å². The molecule has 0 aromatic heterocycles. The standard InChI is InChI=1S/C9H9BrClN/c10-9-7(11)2-1-3-8(9)12-6-4-5-6/h1-3,6,12H,4-5H2. The highest BCUT2D eigenvalue weighted by molar-refractivity contribution is 9.10. The van der Waals surface area contributed by atoms with E-state index in [9.17, 15) is 0 Å². The summed E-state index contributed by atoms with van der Waals surface area (Å²) in [5.74, 6) is 0. The Kier molecular flexibility index (Phi) is 2.28. The molecule has 1 nitrogen and oxygen atoms in total. The summed E-state index contributed by atoms with van der Waals surface area (Å²) in [5.41, 5.74) is 1.10. The second-order valence-corrected chi connectivity index (χ2v) is 4.22. The van der Waals surface area contributed by atoms with Gasteiger partial charge in [-0.1, -0.05) is 17.7 Å². The number of nitrogens with one attached hydrogen (secondary N) is 1. The third kappa shape index (κ3) is 1.75. The fourth-order valence-corrected chi connectivity index (χ4v) is 1.62. The smallest absolute Gasteiger partial charge is 0.0593 e. The first-order valence-corrected chi connectivity index (χ1v) is 5.15. The summed E-state index contributed by atoms with van der Waals surface area (Å²) in [5, 5.41) is 4.16. The van der Waals surface area contributed by atoms with Crippen molar-refractivity contribution in [1.82, 2.24) is 0 Å². The normalized spacial score (nSPS) is 16.2. The fraction of sp³-hybridized carbons (Fsp3) is 0.333. The van der Waals surface area contributed by atoms with Gasteiger partial charge in [-0.15, -0.1) is 0 Å². The average molecular weight is 247 g/mol. The molecule has 12 heavy (non-hydrogen) atoms. The molecule has 1 N–H and O–H groups in total. The Bertz CT molecular complexity index is 297. The van der Waals surface area contributed by atoms with Gasteiger partial charge in [0.15, 0.2) is 0 Å². The molecule has 1 aromatic carbocycles. The Hall–Kier alpha value is -0.210. The van der Waals surface area contributed by atoms with Gasteiger partial charge < -0.3 is 5.32 Å². The van der Waals surface area contributed by atoms with Gasteiger partial charge >= 0.3 is 0 Å². The van der Waals surface area contributed by atoms with Crippen molar-refractivity contribution in [3.8, 4) is 0 Å². The molecule has 2 rings (SSSR count). The Morgan fingerprint density at radius 2 is 2.17 bits per heavy atom. The van der Waals surface area contributed by atoms with Crippen LogP contribution in [0.5, 0.6) is 0 Å². The number of rotatable bonds is 2. The highest BCUT2D eigenvalue weighted by Crippen LogP contribution is 2.33. The molecule has 0 saturated heterocycles. The summed E-state index contributed by atoms with van der Waals surface area (Å²) in [6.45, 7) is 0. The lowest BCUT2D eigenvalue weighted by atomic mass is 10.3. The molecule has 3 heteroatoms. The maximum atomic E-state index is 5.93. The molecular formula is C9H9BrClN. The minimum atomic E-state index is 0.666. The Morgan fingerprint density at radius 3 is 2.83 bits per heavy atom. The number of anilines is 1. The van der Waals surface area contributed by atoms with Crippen molar-refractivity contribution in [1.29, 1.82) is 0 Å². The predicted octanol–water partition coefficient (Wildman–Crippen LogP) is 3.68. The monoisotopic (exact) mass is 245 g/mol. The molecule has 1 aliphatic rings. The third-order valence-electron chi connectivity index (χ3n) is 1.89. The number of hydrogen-bond acceptors (Lipinski definition) is 1. The molecule has 1 aromatic rings. The lowest BCUT2D eigenvalue weighted by Gasteiger charge is -2.07. The van der Waals surface area contributed by atoms with Crippen LogP contribution in [0.1, 0.15) is 12.8 Å². The molecule has 0 bridgehead atoms. The van der Waals surface area contributed by atoms with E-state index < -0.39 is 0 Å². The van der Waals surface area contributed by atoms with E-state index in [-0.39, 0.29) is 0 Å². The van der Waals surface area contributed by atoms with E-state index >= 15 is 0 Å². The molecule has 1 aliphatic carbocycles. The minimum Gasteiger partial charge on any atom is -0.381 e. The Morgan fingerprint density at radius 1 is 1.42 bits per heavy atom. The van der Waals surface area contributed by atoms with Crippen LogP contribution in [0.25, 0.3) is 0 Å². The van der Waals surface area contributed by atoms with Crippen molar-refractivity contribution < 1.29 is 0 Å². The third-order valence-corrected chi connectivity index (χ3v) is 3.29. The van der Waals surface area contributed by atoms with Crippen molar-refractivity contribution in [2.75, 3.05) is 5.32 Å². The zero-order chi connectivity index (χ0) is 8.55. The summed E-state index contributed by atoms with van der Waals surface area (Å²) in [7, 11) is 0. The van der Waals surface area contributed by atoms with Gasteiger partial charge in [-0.25, -0.2) is 0 Å². The molecule has 0 unspecified atom stereocenters. The second kappa shape index (κ2) is 3.27. The van der Waals surface area contributed by atoms with E-state index in [1.807, 2.05) is 18.2 Å². The highest BCUT2D eigenvalue weighted by atomic mass is 79.9. The van der Waals surface area contributed by atoms with Gasteiger partial charge in [0.1, 0.15) is 0 Å². The first-order valence-electron chi connectivity index (χ1n) is 3.98. The van der Waals surface area contributed by atoms with E-state index in [2.05, 4.69) is 21.2 Å². The van der Waals surface area contributed by atoms with E-state index in [0.717, 1.165) is 15.2 Å². The van der Waals surface area contributed by atoms with Crippen LogP contribution in [-0.4, -0.2) is 6.04 Å². The molecule has 0 heterocycles. The quantitative estimate of drug-likeness (QED) is 0.839. The molecule has 1 saturated carbocycles. The van der Waals surface area contributed by atoms with Crippen LogP contribution in [0.2, 0.25) is 5.02 Å². The van der Waals surface area contributed by atoms with Crippen LogP contribution < -0.4 is 5.32 Å². The van der Waals surface area contributed by atoms with Crippen LogP contribution in [-0.2, 0) is 0 Å². The van der Waals surface area contributed by atoms with Crippen molar-refractivity contribution in [3.63, 3.8) is 0 Å². The maximum absolute atomic E-state index is 5.93. The summed E-state index contributed by atoms with van der Waals surface area (Å²) in [6, 6.07) is 6.54. The van der Waals surface area contributed by atoms with Gasteiger partial charge in [0.2, 0.25) is 0 Å². The van der Waals surface area contributed by atoms with Gasteiger partial charge in [0.05, 0.1) is 15.2 Å². The second-order valence-electron chi connectivity index (χ2n) is 3.02. The lowest BCUT2D eigenvalue weighted by Crippen LogP contribution is -2.01. The van der Waals surface area contributed by atoms with Gasteiger partial charge in [-0.05, 0) is 40.9 Å². The van der Waals surface area contributed by atoms with Gasteiger partial charge in [0.25, 0.3) is 0 Å². The highest BCUT2D eigenvalue weighted by Gasteiger charge is 2.21. The fourth-order valence-electron chi connectivity index (χ4n) is 1.06. The molecule has 64 valence electrons. The van der Waals surface area contributed by atoms with Crippen molar-refractivity contribution >= 4 is 33.2 Å².